The van der Waals surface area contributed by atoms with Gasteiger partial charge in [0.2, 0.25) is 0 Å². The van der Waals surface area contributed by atoms with E-state index in [0.29, 0.717) is 5.02 Å². The van der Waals surface area contributed by atoms with E-state index in [-0.39, 0.29) is 23.8 Å². The summed E-state index contributed by atoms with van der Waals surface area (Å²) in [4.78, 5) is 22.3. The zero-order valence-electron chi connectivity index (χ0n) is 19.1. The molecule has 6 nitrogen and oxygen atoms in total. The minimum atomic E-state index is -0.422. The van der Waals surface area contributed by atoms with Gasteiger partial charge in [-0.2, -0.15) is 0 Å². The Morgan fingerprint density at radius 3 is 2.46 bits per heavy atom. The molecule has 2 aliphatic rings. The fraction of sp³-hybridized carbons (Fsp3) is 0.259. The highest BCUT2D eigenvalue weighted by Gasteiger charge is 2.43. The van der Waals surface area contributed by atoms with Crippen LogP contribution in [0.5, 0.6) is 0 Å². The normalized spacial score (nSPS) is 19.9. The van der Waals surface area contributed by atoms with Crippen LogP contribution in [0, 0.1) is 5.82 Å². The van der Waals surface area contributed by atoms with Crippen LogP contribution in [0.4, 0.5) is 14.9 Å². The number of carbonyl (C=O) groups is 1. The summed E-state index contributed by atoms with van der Waals surface area (Å²) in [6.45, 7) is 2.25. The van der Waals surface area contributed by atoms with Gasteiger partial charge in [0.25, 0.3) is 0 Å². The summed E-state index contributed by atoms with van der Waals surface area (Å²) in [5.41, 5.74) is 4.21. The Balaban J connectivity index is 1.24. The zero-order valence-corrected chi connectivity index (χ0v) is 19.8. The minimum Gasteiger partial charge on any atom is -0.316 e. The lowest BCUT2D eigenvalue weighted by Crippen LogP contribution is -2.56. The zero-order chi connectivity index (χ0) is 23.9. The molecule has 2 atom stereocenters. The Bertz CT molecular complexity index is 1370. The van der Waals surface area contributed by atoms with E-state index in [0.717, 1.165) is 55.1 Å². The quantitative estimate of drug-likeness (QED) is 0.401. The molecule has 0 spiro atoms. The number of carbonyl (C=O) groups excluding carboxylic acids is 1. The molecule has 2 bridgehead atoms. The van der Waals surface area contributed by atoms with Crippen molar-refractivity contribution >= 4 is 29.0 Å². The van der Waals surface area contributed by atoms with E-state index in [2.05, 4.69) is 14.6 Å². The first kappa shape index (κ1) is 22.1. The summed E-state index contributed by atoms with van der Waals surface area (Å²) < 4.78 is 16.2. The number of hydrogen-bond donors (Lipinski definition) is 1. The number of nitrogens with zero attached hydrogens (tertiary/aromatic N) is 4. The molecule has 0 radical (unpaired) electrons. The summed E-state index contributed by atoms with van der Waals surface area (Å²) in [7, 11) is 0. The summed E-state index contributed by atoms with van der Waals surface area (Å²) in [5, 5.41) is 3.46. The number of amides is 2. The van der Waals surface area contributed by atoms with Gasteiger partial charge in [-0.15, -0.1) is 0 Å². The number of pyridine rings is 1. The van der Waals surface area contributed by atoms with Crippen molar-refractivity contribution < 1.29 is 9.18 Å². The Kier molecular flexibility index (Phi) is 5.66. The molecular weight excluding hydrogens is 465 g/mol. The van der Waals surface area contributed by atoms with Crippen LogP contribution in [0.2, 0.25) is 5.02 Å². The van der Waals surface area contributed by atoms with Gasteiger partial charge in [-0.05, 0) is 49.2 Å². The van der Waals surface area contributed by atoms with Crippen molar-refractivity contribution in [3.8, 4) is 11.3 Å². The van der Waals surface area contributed by atoms with Crippen LogP contribution in [0.3, 0.4) is 0 Å². The third kappa shape index (κ3) is 4.15. The number of benzene rings is 2. The van der Waals surface area contributed by atoms with Crippen molar-refractivity contribution in [2.75, 3.05) is 18.4 Å². The van der Waals surface area contributed by atoms with E-state index in [1.54, 1.807) is 18.2 Å². The maximum Gasteiger partial charge on any atom is 0.322 e. The Labute approximate surface area is 207 Å². The summed E-state index contributed by atoms with van der Waals surface area (Å²) >= 11 is 6.12. The van der Waals surface area contributed by atoms with E-state index < -0.39 is 5.82 Å². The number of para-hydroxylation sites is 1. The van der Waals surface area contributed by atoms with Gasteiger partial charge in [-0.1, -0.05) is 41.9 Å². The molecule has 2 aromatic heterocycles. The van der Waals surface area contributed by atoms with Crippen LogP contribution in [-0.2, 0) is 6.54 Å². The summed E-state index contributed by atoms with van der Waals surface area (Å²) in [6, 6.07) is 20.0. The Morgan fingerprint density at radius 2 is 1.71 bits per heavy atom. The van der Waals surface area contributed by atoms with Crippen LogP contribution in [0.1, 0.15) is 18.5 Å². The molecule has 0 aliphatic carbocycles. The van der Waals surface area contributed by atoms with Crippen LogP contribution >= 0.6 is 11.6 Å². The van der Waals surface area contributed by atoms with Gasteiger partial charge in [-0.25, -0.2) is 14.2 Å². The molecule has 178 valence electrons. The van der Waals surface area contributed by atoms with Crippen LogP contribution in [-0.4, -0.2) is 50.4 Å². The second kappa shape index (κ2) is 8.98. The molecule has 4 aromatic rings. The van der Waals surface area contributed by atoms with E-state index in [1.165, 1.54) is 6.07 Å². The number of anilines is 1. The van der Waals surface area contributed by atoms with Gasteiger partial charge in [0.1, 0.15) is 11.5 Å². The number of rotatable bonds is 4. The van der Waals surface area contributed by atoms with Crippen molar-refractivity contribution in [3.63, 3.8) is 0 Å². The molecule has 0 saturated carbocycles. The first-order valence-corrected chi connectivity index (χ1v) is 12.2. The van der Waals surface area contributed by atoms with E-state index in [4.69, 9.17) is 16.6 Å². The predicted molar refractivity (Wildman–Crippen MR) is 135 cm³/mol. The first-order chi connectivity index (χ1) is 17.1. The second-order valence-corrected chi connectivity index (χ2v) is 9.68. The van der Waals surface area contributed by atoms with Gasteiger partial charge in [0.05, 0.1) is 17.1 Å². The van der Waals surface area contributed by atoms with Crippen LogP contribution < -0.4 is 5.32 Å². The molecule has 8 heteroatoms. The standard InChI is InChI=1S/C27H25ClFN5O/c28-19-10-8-18(9-11-19)26-24(33-14-4-3-7-25(33)31-26)17-32-15-20-12-13-21(16-32)34(20)27(35)30-23-6-2-1-5-22(23)29/h1-11,14,20-21H,12-13,15-17H2,(H,30,35). The van der Waals surface area contributed by atoms with E-state index >= 15 is 0 Å². The number of piperazine rings is 1. The molecule has 2 aromatic carbocycles. The number of imidazole rings is 1. The molecule has 2 unspecified atom stereocenters. The van der Waals surface area contributed by atoms with Crippen LogP contribution in [0.25, 0.3) is 16.9 Å². The highest BCUT2D eigenvalue weighted by Crippen LogP contribution is 2.33. The highest BCUT2D eigenvalue weighted by molar-refractivity contribution is 6.30. The lowest BCUT2D eigenvalue weighted by molar-refractivity contribution is 0.0893. The minimum absolute atomic E-state index is 0.0960. The number of urea groups is 1. The second-order valence-electron chi connectivity index (χ2n) is 9.24. The average Bonchev–Trinajstić information content (AvgIpc) is 3.35. The molecular formula is C27H25ClFN5O. The van der Waals surface area contributed by atoms with Crippen molar-refractivity contribution in [1.82, 2.24) is 19.2 Å². The number of hydrogen-bond acceptors (Lipinski definition) is 3. The average molecular weight is 490 g/mol. The first-order valence-electron chi connectivity index (χ1n) is 11.8. The largest absolute Gasteiger partial charge is 0.322 e. The third-order valence-corrected chi connectivity index (χ3v) is 7.28. The number of fused-ring (bicyclic) bond motifs is 3. The monoisotopic (exact) mass is 489 g/mol. The van der Waals surface area contributed by atoms with Gasteiger partial charge in [0.15, 0.2) is 0 Å². The molecule has 4 heterocycles. The van der Waals surface area contributed by atoms with E-state index in [9.17, 15) is 9.18 Å². The number of nitrogens with one attached hydrogen (secondary N) is 1. The van der Waals surface area contributed by atoms with Crippen molar-refractivity contribution in [3.05, 3.63) is 89.5 Å². The predicted octanol–water partition coefficient (Wildman–Crippen LogP) is 5.67. The molecule has 2 fully saturated rings. The highest BCUT2D eigenvalue weighted by atomic mass is 35.5. The lowest BCUT2D eigenvalue weighted by Gasteiger charge is -2.41. The fourth-order valence-electron chi connectivity index (χ4n) is 5.44. The van der Waals surface area contributed by atoms with Gasteiger partial charge < -0.3 is 14.6 Å². The fourth-order valence-corrected chi connectivity index (χ4v) is 5.57. The third-order valence-electron chi connectivity index (χ3n) is 7.03. The van der Waals surface area contributed by atoms with Gasteiger partial charge in [-0.3, -0.25) is 4.90 Å². The molecule has 2 amide bonds. The van der Waals surface area contributed by atoms with Gasteiger partial charge in [0, 0.05) is 48.5 Å². The number of aromatic nitrogens is 2. The van der Waals surface area contributed by atoms with Crippen LogP contribution in [0.15, 0.2) is 72.9 Å². The Morgan fingerprint density at radius 1 is 1.00 bits per heavy atom. The SMILES string of the molecule is O=C(Nc1ccccc1F)N1C2CCC1CN(Cc1c(-c3ccc(Cl)cc3)nc3ccccn13)C2. The molecule has 6 rings (SSSR count). The number of halogens is 2. The molecule has 35 heavy (non-hydrogen) atoms. The number of likely N-dealkylation sites (tertiary alicyclic amines) is 1. The van der Waals surface area contributed by atoms with Crippen molar-refractivity contribution in [2.24, 2.45) is 0 Å². The van der Waals surface area contributed by atoms with Gasteiger partial charge >= 0.3 is 6.03 Å². The summed E-state index contributed by atoms with van der Waals surface area (Å²) in [5.74, 6) is -0.422. The maximum atomic E-state index is 14.1. The molecule has 2 aliphatic heterocycles. The topological polar surface area (TPSA) is 52.9 Å². The molecule has 2 saturated heterocycles. The van der Waals surface area contributed by atoms with E-state index in [1.807, 2.05) is 53.6 Å². The maximum absolute atomic E-state index is 14.1. The Hall–Kier alpha value is -3.42. The lowest BCUT2D eigenvalue weighted by atomic mass is 10.1. The van der Waals surface area contributed by atoms with Crippen molar-refractivity contribution in [1.29, 1.82) is 0 Å². The molecule has 1 N–H and O–H groups in total. The summed E-state index contributed by atoms with van der Waals surface area (Å²) in [6.07, 6.45) is 3.94. The smallest absolute Gasteiger partial charge is 0.316 e. The van der Waals surface area contributed by atoms with Crippen molar-refractivity contribution in [2.45, 2.75) is 31.5 Å².